The van der Waals surface area contributed by atoms with E-state index in [4.69, 9.17) is 11.1 Å². The van der Waals surface area contributed by atoms with Crippen molar-refractivity contribution in [1.82, 2.24) is 20.9 Å². The van der Waals surface area contributed by atoms with Crippen LogP contribution in [0.5, 0.6) is 0 Å². The summed E-state index contributed by atoms with van der Waals surface area (Å²) in [5, 5.41) is 15.8. The molecule has 1 aromatic carbocycles. The van der Waals surface area contributed by atoms with Gasteiger partial charge in [0.1, 0.15) is 11.9 Å². The maximum absolute atomic E-state index is 12.1. The van der Waals surface area contributed by atoms with Crippen molar-refractivity contribution in [3.05, 3.63) is 59.4 Å². The van der Waals surface area contributed by atoms with Crippen LogP contribution in [0.3, 0.4) is 0 Å². The molecule has 0 aliphatic heterocycles. The topological polar surface area (TPSA) is 136 Å². The molecule has 0 fully saturated rings. The highest BCUT2D eigenvalue weighted by atomic mass is 16.2. The third-order valence-corrected chi connectivity index (χ3v) is 3.77. The average Bonchev–Trinajstić information content (AvgIpc) is 3.13. The number of nitrogens with one attached hydrogen (secondary N) is 5. The molecule has 0 bridgehead atoms. The number of carbonyl (C=O) groups is 2. The number of nitrogen functional groups attached to an aromatic ring is 1. The first-order chi connectivity index (χ1) is 12.5. The number of hydrogen-bond donors (Lipinski definition) is 6. The molecule has 1 atom stereocenters. The second kappa shape index (κ2) is 9.38. The molecule has 8 heteroatoms. The van der Waals surface area contributed by atoms with Crippen LogP contribution in [0.15, 0.2) is 42.6 Å². The zero-order valence-electron chi connectivity index (χ0n) is 14.6. The van der Waals surface area contributed by atoms with Crippen molar-refractivity contribution in [1.29, 1.82) is 5.41 Å². The van der Waals surface area contributed by atoms with Crippen molar-refractivity contribution in [3.63, 3.8) is 0 Å². The molecule has 1 unspecified atom stereocenters. The second-order valence-corrected chi connectivity index (χ2v) is 5.92. The largest absolute Gasteiger partial charge is 0.384 e. The summed E-state index contributed by atoms with van der Waals surface area (Å²) in [6.45, 7) is 2.65. The van der Waals surface area contributed by atoms with Crippen LogP contribution in [-0.2, 0) is 22.7 Å². The molecule has 1 heterocycles. The van der Waals surface area contributed by atoms with Crippen LogP contribution < -0.4 is 21.7 Å². The Morgan fingerprint density at radius 3 is 2.54 bits per heavy atom. The molecule has 0 aliphatic rings. The minimum Gasteiger partial charge on any atom is -0.384 e. The fourth-order valence-electron chi connectivity index (χ4n) is 2.29. The van der Waals surface area contributed by atoms with Gasteiger partial charge >= 0.3 is 0 Å². The van der Waals surface area contributed by atoms with Gasteiger partial charge in [0.25, 0.3) is 0 Å². The fourth-order valence-corrected chi connectivity index (χ4v) is 2.29. The van der Waals surface area contributed by atoms with Gasteiger partial charge in [-0.3, -0.25) is 15.0 Å². The lowest BCUT2D eigenvalue weighted by atomic mass is 10.1. The highest BCUT2D eigenvalue weighted by Gasteiger charge is 2.15. The molecule has 26 heavy (non-hydrogen) atoms. The zero-order chi connectivity index (χ0) is 18.9. The van der Waals surface area contributed by atoms with Gasteiger partial charge < -0.3 is 26.7 Å². The predicted molar refractivity (Wildman–Crippen MR) is 99.4 cm³/mol. The number of benzene rings is 1. The van der Waals surface area contributed by atoms with Crippen molar-refractivity contribution in [2.75, 3.05) is 6.54 Å². The Labute approximate surface area is 152 Å². The summed E-state index contributed by atoms with van der Waals surface area (Å²) in [7, 11) is 0. The van der Waals surface area contributed by atoms with Gasteiger partial charge in [0.2, 0.25) is 11.8 Å². The molecule has 0 saturated heterocycles. The molecule has 2 aromatic rings. The van der Waals surface area contributed by atoms with Crippen LogP contribution in [-0.4, -0.2) is 35.2 Å². The quantitative estimate of drug-likeness (QED) is 0.283. The summed E-state index contributed by atoms with van der Waals surface area (Å²) in [4.78, 5) is 27.0. The molecule has 7 N–H and O–H groups in total. The molecule has 138 valence electrons. The van der Waals surface area contributed by atoms with Gasteiger partial charge in [-0.25, -0.2) is 0 Å². The van der Waals surface area contributed by atoms with Crippen LogP contribution in [0.4, 0.5) is 0 Å². The predicted octanol–water partition coefficient (Wildman–Crippen LogP) is 0.209. The van der Waals surface area contributed by atoms with Gasteiger partial charge in [0.15, 0.2) is 0 Å². The third-order valence-electron chi connectivity index (χ3n) is 3.77. The van der Waals surface area contributed by atoms with Gasteiger partial charge in [0, 0.05) is 30.5 Å². The first-order valence-electron chi connectivity index (χ1n) is 8.29. The number of rotatable bonds is 9. The van der Waals surface area contributed by atoms with Crippen molar-refractivity contribution >= 4 is 17.6 Å². The minimum absolute atomic E-state index is 0.00166. The van der Waals surface area contributed by atoms with E-state index in [0.29, 0.717) is 18.7 Å². The minimum atomic E-state index is -0.633. The Hall–Kier alpha value is -3.13. The molecule has 2 rings (SSSR count). The number of hydrogen-bond acceptors (Lipinski definition) is 4. The number of H-pyrrole nitrogens is 1. The summed E-state index contributed by atoms with van der Waals surface area (Å²) >= 11 is 0. The highest BCUT2D eigenvalue weighted by Crippen LogP contribution is 2.03. The number of nitrogens with two attached hydrogens (primary N) is 1. The number of aromatic amines is 1. The lowest BCUT2D eigenvalue weighted by molar-refractivity contribution is -0.128. The Bertz CT molecular complexity index is 740. The van der Waals surface area contributed by atoms with E-state index in [2.05, 4.69) is 20.9 Å². The van der Waals surface area contributed by atoms with Gasteiger partial charge in [-0.15, -0.1) is 0 Å². The van der Waals surface area contributed by atoms with Gasteiger partial charge in [-0.2, -0.15) is 0 Å². The maximum atomic E-state index is 12.1. The second-order valence-electron chi connectivity index (χ2n) is 5.92. The van der Waals surface area contributed by atoms with E-state index < -0.39 is 6.04 Å². The van der Waals surface area contributed by atoms with E-state index in [0.717, 1.165) is 11.3 Å². The van der Waals surface area contributed by atoms with Crippen LogP contribution in [0.1, 0.15) is 23.7 Å². The van der Waals surface area contributed by atoms with Crippen molar-refractivity contribution in [2.45, 2.75) is 26.1 Å². The SMILES string of the molecule is CC(NC(=O)CNCc1ccc[nH]1)C(=O)NCc1ccc(C(=N)N)cc1. The van der Waals surface area contributed by atoms with Crippen LogP contribution in [0.2, 0.25) is 0 Å². The van der Waals surface area contributed by atoms with E-state index >= 15 is 0 Å². The van der Waals surface area contributed by atoms with Crippen LogP contribution in [0, 0.1) is 5.41 Å². The number of amidine groups is 1. The average molecular weight is 356 g/mol. The lowest BCUT2D eigenvalue weighted by Crippen LogP contribution is -2.47. The molecule has 0 saturated carbocycles. The third kappa shape index (κ3) is 6.06. The van der Waals surface area contributed by atoms with Crippen molar-refractivity contribution < 1.29 is 9.59 Å². The molecular formula is C18H24N6O2. The molecular weight excluding hydrogens is 332 g/mol. The van der Waals surface area contributed by atoms with Crippen LogP contribution in [0.25, 0.3) is 0 Å². The Morgan fingerprint density at radius 1 is 1.19 bits per heavy atom. The molecule has 0 spiro atoms. The summed E-state index contributed by atoms with van der Waals surface area (Å²) in [6.07, 6.45) is 1.82. The highest BCUT2D eigenvalue weighted by molar-refractivity contribution is 5.94. The first kappa shape index (κ1) is 19.2. The molecule has 0 aliphatic carbocycles. The summed E-state index contributed by atoms with van der Waals surface area (Å²) in [5.74, 6) is -0.509. The van der Waals surface area contributed by atoms with E-state index in [1.54, 1.807) is 31.2 Å². The number of aromatic nitrogens is 1. The number of amides is 2. The van der Waals surface area contributed by atoms with Crippen molar-refractivity contribution in [2.24, 2.45) is 5.73 Å². The van der Waals surface area contributed by atoms with E-state index in [1.165, 1.54) is 0 Å². The van der Waals surface area contributed by atoms with Gasteiger partial charge in [-0.05, 0) is 24.6 Å². The molecule has 8 nitrogen and oxygen atoms in total. The first-order valence-corrected chi connectivity index (χ1v) is 8.29. The summed E-state index contributed by atoms with van der Waals surface area (Å²) < 4.78 is 0. The van der Waals surface area contributed by atoms with Gasteiger partial charge in [0.05, 0.1) is 6.54 Å². The van der Waals surface area contributed by atoms with E-state index in [-0.39, 0.29) is 24.2 Å². The Morgan fingerprint density at radius 2 is 1.92 bits per heavy atom. The van der Waals surface area contributed by atoms with Crippen molar-refractivity contribution in [3.8, 4) is 0 Å². The standard InChI is InChI=1S/C18H24N6O2/c1-12(24-16(25)11-21-10-15-3-2-8-22-15)18(26)23-9-13-4-6-14(7-5-13)17(19)20/h2-8,12,21-22H,9-11H2,1H3,(H3,19,20)(H,23,26)(H,24,25). The molecule has 1 aromatic heterocycles. The monoisotopic (exact) mass is 356 g/mol. The summed E-state index contributed by atoms with van der Waals surface area (Å²) in [6, 6.07) is 10.2. The molecule has 2 amide bonds. The van der Waals surface area contributed by atoms with Crippen LogP contribution >= 0.6 is 0 Å². The van der Waals surface area contributed by atoms with Gasteiger partial charge in [-0.1, -0.05) is 24.3 Å². The van der Waals surface area contributed by atoms with E-state index in [9.17, 15) is 9.59 Å². The smallest absolute Gasteiger partial charge is 0.242 e. The number of carbonyl (C=O) groups excluding carboxylic acids is 2. The zero-order valence-corrected chi connectivity index (χ0v) is 14.6. The normalized spacial score (nSPS) is 11.6. The Balaban J connectivity index is 1.69. The maximum Gasteiger partial charge on any atom is 0.242 e. The fraction of sp³-hybridized carbons (Fsp3) is 0.278. The Kier molecular flexibility index (Phi) is 6.92. The lowest BCUT2D eigenvalue weighted by Gasteiger charge is -2.14. The molecule has 0 radical (unpaired) electrons. The van der Waals surface area contributed by atoms with E-state index in [1.807, 2.05) is 18.3 Å². The summed E-state index contributed by atoms with van der Waals surface area (Å²) in [5.41, 5.74) is 7.90.